The molecule has 11 heteroatoms. The highest BCUT2D eigenvalue weighted by molar-refractivity contribution is 6.01. The van der Waals surface area contributed by atoms with Crippen molar-refractivity contribution in [2.24, 2.45) is 11.8 Å². The number of benzene rings is 1. The molecule has 244 valence electrons. The molecule has 1 unspecified atom stereocenters. The van der Waals surface area contributed by atoms with E-state index in [0.717, 1.165) is 71.1 Å². The largest absolute Gasteiger partial charge is 0.496 e. The summed E-state index contributed by atoms with van der Waals surface area (Å²) < 4.78 is 17.1. The number of likely N-dealkylation sites (tertiary alicyclic amines) is 2. The van der Waals surface area contributed by atoms with Gasteiger partial charge in [0, 0.05) is 70.1 Å². The Balaban J connectivity index is 1.19. The number of hydrogen-bond acceptors (Lipinski definition) is 8. The molecule has 3 saturated heterocycles. The van der Waals surface area contributed by atoms with Crippen LogP contribution in [-0.4, -0.2) is 96.8 Å². The van der Waals surface area contributed by atoms with E-state index in [0.29, 0.717) is 31.0 Å². The van der Waals surface area contributed by atoms with Crippen LogP contribution < -0.4 is 9.47 Å². The third kappa shape index (κ3) is 6.77. The summed E-state index contributed by atoms with van der Waals surface area (Å²) in [5, 5.41) is 11.6. The van der Waals surface area contributed by atoms with Gasteiger partial charge in [-0.2, -0.15) is 0 Å². The highest BCUT2D eigenvalue weighted by Crippen LogP contribution is 2.43. The van der Waals surface area contributed by atoms with Crippen LogP contribution in [-0.2, 0) is 4.74 Å². The molecule has 1 atom stereocenters. The van der Waals surface area contributed by atoms with Gasteiger partial charge in [0.2, 0.25) is 5.75 Å². The Morgan fingerprint density at radius 1 is 1.05 bits per heavy atom. The highest BCUT2D eigenvalue weighted by atomic mass is 16.6. The van der Waals surface area contributed by atoms with Crippen molar-refractivity contribution >= 4 is 17.7 Å². The lowest BCUT2D eigenvalue weighted by Gasteiger charge is -2.52. The predicted octanol–water partition coefficient (Wildman–Crippen LogP) is 5.89. The van der Waals surface area contributed by atoms with Crippen molar-refractivity contribution in [1.82, 2.24) is 14.7 Å². The third-order valence-electron chi connectivity index (χ3n) is 10.7. The van der Waals surface area contributed by atoms with Crippen LogP contribution in [0.1, 0.15) is 94.3 Å². The fourth-order valence-electron chi connectivity index (χ4n) is 8.11. The first-order chi connectivity index (χ1) is 21.3. The molecular formula is C33H50N4O7. The molecule has 0 aromatic heterocycles. The summed E-state index contributed by atoms with van der Waals surface area (Å²) in [4.78, 5) is 44.2. The van der Waals surface area contributed by atoms with E-state index in [2.05, 4.69) is 11.8 Å². The molecule has 1 saturated carbocycles. The number of rotatable bonds is 10. The third-order valence-corrected chi connectivity index (χ3v) is 10.7. The zero-order valence-corrected chi connectivity index (χ0v) is 26.8. The zero-order valence-electron chi connectivity index (χ0n) is 26.8. The van der Waals surface area contributed by atoms with E-state index < -0.39 is 4.92 Å². The molecule has 3 aliphatic heterocycles. The number of carbonyl (C=O) groups is 2. The van der Waals surface area contributed by atoms with Crippen LogP contribution in [0.5, 0.6) is 11.5 Å². The molecule has 3 heterocycles. The monoisotopic (exact) mass is 614 g/mol. The Labute approximate surface area is 261 Å². The fourth-order valence-corrected chi connectivity index (χ4v) is 8.11. The zero-order chi connectivity index (χ0) is 31.3. The van der Waals surface area contributed by atoms with Gasteiger partial charge in [0.05, 0.1) is 19.1 Å². The molecule has 44 heavy (non-hydrogen) atoms. The Bertz CT molecular complexity index is 1170. The van der Waals surface area contributed by atoms with Gasteiger partial charge in [-0.25, -0.2) is 4.79 Å². The molecule has 0 N–H and O–H groups in total. The minimum absolute atomic E-state index is 0.0697. The normalized spacial score (nSPS) is 23.4. The maximum Gasteiger partial charge on any atom is 0.410 e. The Morgan fingerprint density at radius 2 is 1.75 bits per heavy atom. The summed E-state index contributed by atoms with van der Waals surface area (Å²) in [6.45, 7) is 6.74. The topological polar surface area (TPSA) is 115 Å². The van der Waals surface area contributed by atoms with Crippen molar-refractivity contribution < 1.29 is 28.7 Å². The van der Waals surface area contributed by atoms with Crippen LogP contribution >= 0.6 is 0 Å². The van der Waals surface area contributed by atoms with Crippen LogP contribution in [0.15, 0.2) is 12.1 Å². The van der Waals surface area contributed by atoms with E-state index in [-0.39, 0.29) is 40.4 Å². The number of amides is 2. The van der Waals surface area contributed by atoms with Crippen molar-refractivity contribution in [2.45, 2.75) is 95.6 Å². The van der Waals surface area contributed by atoms with Crippen molar-refractivity contribution in [3.05, 3.63) is 27.8 Å². The molecule has 1 spiro atoms. The lowest BCUT2D eigenvalue weighted by molar-refractivity contribution is -0.385. The molecule has 4 aliphatic rings. The van der Waals surface area contributed by atoms with E-state index >= 15 is 0 Å². The first kappa shape index (κ1) is 32.3. The Hall–Kier alpha value is -3.08. The number of carbonyl (C=O) groups excluding carboxylic acids is 2. The number of nitro groups is 1. The van der Waals surface area contributed by atoms with Crippen molar-refractivity contribution in [1.29, 1.82) is 0 Å². The van der Waals surface area contributed by atoms with E-state index in [9.17, 15) is 19.7 Å². The first-order valence-corrected chi connectivity index (χ1v) is 16.7. The van der Waals surface area contributed by atoms with Gasteiger partial charge in [0.15, 0.2) is 0 Å². The summed E-state index contributed by atoms with van der Waals surface area (Å²) in [5.41, 5.74) is -0.540. The molecule has 5 rings (SSSR count). The van der Waals surface area contributed by atoms with Crippen LogP contribution in [0.2, 0.25) is 0 Å². The van der Waals surface area contributed by atoms with Gasteiger partial charge >= 0.3 is 11.8 Å². The van der Waals surface area contributed by atoms with E-state index in [1.807, 2.05) is 4.90 Å². The van der Waals surface area contributed by atoms with Gasteiger partial charge in [-0.1, -0.05) is 39.0 Å². The summed E-state index contributed by atoms with van der Waals surface area (Å²) in [6, 6.07) is 3.08. The van der Waals surface area contributed by atoms with Crippen LogP contribution in [0, 0.1) is 22.0 Å². The summed E-state index contributed by atoms with van der Waals surface area (Å²) in [6.07, 6.45) is 12.9. The summed E-state index contributed by atoms with van der Waals surface area (Å²) >= 11 is 0. The molecule has 2 amide bonds. The molecule has 1 aromatic carbocycles. The lowest BCUT2D eigenvalue weighted by atomic mass is 9.75. The molecule has 1 aliphatic carbocycles. The van der Waals surface area contributed by atoms with Gasteiger partial charge in [-0.15, -0.1) is 0 Å². The molecular weight excluding hydrogens is 564 g/mol. The van der Waals surface area contributed by atoms with E-state index in [1.165, 1.54) is 58.5 Å². The molecule has 4 fully saturated rings. The second-order valence-electron chi connectivity index (χ2n) is 13.2. The highest BCUT2D eigenvalue weighted by Gasteiger charge is 2.50. The Kier molecular flexibility index (Phi) is 10.5. The maximum absolute atomic E-state index is 13.6. The summed E-state index contributed by atoms with van der Waals surface area (Å²) in [5.74, 6) is 0.850. The number of nitrogens with zero attached hydrogens (tertiary/aromatic N) is 4. The number of unbranched alkanes of at least 4 members (excludes halogenated alkanes) is 1. The number of piperidine rings is 2. The van der Waals surface area contributed by atoms with Crippen molar-refractivity contribution in [3.8, 4) is 11.5 Å². The molecule has 1 aromatic rings. The van der Waals surface area contributed by atoms with Gasteiger partial charge in [0.25, 0.3) is 5.91 Å². The molecule has 0 radical (unpaired) electrons. The quantitative estimate of drug-likeness (QED) is 0.237. The fraction of sp³-hybridized carbons (Fsp3) is 0.758. The Morgan fingerprint density at radius 3 is 2.36 bits per heavy atom. The molecule has 0 bridgehead atoms. The SMILES string of the molecule is CCCCC1CN(CC2CCCCC2)C(=O)OC12CCN(C1CCN(C(=O)c3c(OC)ccc([N+](=O)[O-])c3OC)CC1)CC2. The number of ether oxygens (including phenoxy) is 3. The van der Waals surface area contributed by atoms with Crippen LogP contribution in [0.4, 0.5) is 10.5 Å². The second-order valence-corrected chi connectivity index (χ2v) is 13.2. The van der Waals surface area contributed by atoms with Gasteiger partial charge in [-0.3, -0.25) is 19.8 Å². The van der Waals surface area contributed by atoms with Gasteiger partial charge in [-0.05, 0) is 44.1 Å². The van der Waals surface area contributed by atoms with E-state index in [4.69, 9.17) is 14.2 Å². The van der Waals surface area contributed by atoms with E-state index in [1.54, 1.807) is 4.90 Å². The van der Waals surface area contributed by atoms with Crippen molar-refractivity contribution in [2.75, 3.05) is 53.5 Å². The van der Waals surface area contributed by atoms with Crippen molar-refractivity contribution in [3.63, 3.8) is 0 Å². The van der Waals surface area contributed by atoms with Crippen LogP contribution in [0.25, 0.3) is 0 Å². The molecule has 11 nitrogen and oxygen atoms in total. The van der Waals surface area contributed by atoms with Gasteiger partial charge in [0.1, 0.15) is 16.9 Å². The maximum atomic E-state index is 13.6. The standard InChI is InChI=1S/C33H50N4O7/c1-4-5-11-25-23-36(22-24-9-7-6-8-10-24)32(39)44-33(25)16-20-34(21-17-33)26-14-18-35(19-15-26)31(38)29-28(42-2)13-12-27(37(40)41)30(29)43-3/h12-13,24-26H,4-11,14-23H2,1-3H3. The number of nitro benzene ring substituents is 1. The average Bonchev–Trinajstić information content (AvgIpc) is 3.05. The summed E-state index contributed by atoms with van der Waals surface area (Å²) in [7, 11) is 2.77. The van der Waals surface area contributed by atoms with Crippen LogP contribution in [0.3, 0.4) is 0 Å². The second kappa shape index (κ2) is 14.3. The smallest absolute Gasteiger partial charge is 0.410 e. The minimum Gasteiger partial charge on any atom is -0.496 e. The lowest BCUT2D eigenvalue weighted by Crippen LogP contribution is -2.61. The number of hydrogen-bond donors (Lipinski definition) is 0. The number of methoxy groups -OCH3 is 2. The van der Waals surface area contributed by atoms with Gasteiger partial charge < -0.3 is 24.0 Å². The first-order valence-electron chi connectivity index (χ1n) is 16.7. The minimum atomic E-state index is -0.547. The average molecular weight is 615 g/mol. The predicted molar refractivity (Wildman–Crippen MR) is 166 cm³/mol.